The summed E-state index contributed by atoms with van der Waals surface area (Å²) in [6, 6.07) is 6.33. The summed E-state index contributed by atoms with van der Waals surface area (Å²) >= 11 is 5.08. The van der Waals surface area contributed by atoms with Crippen molar-refractivity contribution in [1.82, 2.24) is 15.1 Å². The fourth-order valence-electron chi connectivity index (χ4n) is 2.08. The topological polar surface area (TPSA) is 112 Å². The number of esters is 1. The Morgan fingerprint density at radius 2 is 2.15 bits per heavy atom. The number of carbonyl (C=O) groups excluding carboxylic acids is 2. The maximum Gasteiger partial charge on any atom is 0.373 e. The van der Waals surface area contributed by atoms with Crippen molar-refractivity contribution in [3.63, 3.8) is 0 Å². The molecule has 1 amide bonds. The van der Waals surface area contributed by atoms with E-state index in [9.17, 15) is 9.59 Å². The van der Waals surface area contributed by atoms with Crippen molar-refractivity contribution in [3.05, 3.63) is 60.2 Å². The second kappa shape index (κ2) is 7.66. The van der Waals surface area contributed by atoms with E-state index in [1.807, 2.05) is 0 Å². The number of rotatable bonds is 5. The Bertz CT molecular complexity index is 928. The predicted octanol–water partition coefficient (Wildman–Crippen LogP) is 2.03. The van der Waals surface area contributed by atoms with E-state index in [1.54, 1.807) is 23.0 Å². The van der Waals surface area contributed by atoms with E-state index in [-0.39, 0.29) is 16.6 Å². The van der Waals surface area contributed by atoms with Crippen LogP contribution in [-0.4, -0.2) is 33.9 Å². The van der Waals surface area contributed by atoms with E-state index in [0.29, 0.717) is 18.0 Å². The monoisotopic (exact) mass is 374 g/mol. The molecule has 0 bridgehead atoms. The van der Waals surface area contributed by atoms with Crippen LogP contribution in [-0.2, 0) is 11.3 Å². The largest absolute Gasteiger partial charge is 0.463 e. The van der Waals surface area contributed by atoms with E-state index in [4.69, 9.17) is 21.1 Å². The third kappa shape index (κ3) is 4.16. The van der Waals surface area contributed by atoms with Gasteiger partial charge in [-0.3, -0.25) is 14.8 Å². The smallest absolute Gasteiger partial charge is 0.373 e. The first kappa shape index (κ1) is 17.4. The number of nitrogens with one attached hydrogen (secondary N) is 2. The molecule has 3 heterocycles. The summed E-state index contributed by atoms with van der Waals surface area (Å²) in [5.41, 5.74) is 0.578. The average Bonchev–Trinajstić information content (AvgIpc) is 3.36. The predicted molar refractivity (Wildman–Crippen MR) is 93.8 cm³/mol. The molecule has 3 rings (SSSR count). The van der Waals surface area contributed by atoms with Crippen molar-refractivity contribution in [2.45, 2.75) is 6.54 Å². The van der Waals surface area contributed by atoms with Gasteiger partial charge in [0.15, 0.2) is 10.9 Å². The van der Waals surface area contributed by atoms with Gasteiger partial charge < -0.3 is 18.9 Å². The lowest BCUT2D eigenvalue weighted by Crippen LogP contribution is -2.33. The first-order valence-electron chi connectivity index (χ1n) is 7.40. The number of thiocarbonyl (C=S) groups is 1. The lowest BCUT2D eigenvalue weighted by atomic mass is 10.4. The van der Waals surface area contributed by atoms with Crippen LogP contribution in [0.3, 0.4) is 0 Å². The molecular weight excluding hydrogens is 360 g/mol. The van der Waals surface area contributed by atoms with E-state index >= 15 is 0 Å². The molecule has 0 fully saturated rings. The van der Waals surface area contributed by atoms with Crippen LogP contribution >= 0.6 is 12.2 Å². The van der Waals surface area contributed by atoms with Crippen LogP contribution < -0.4 is 10.6 Å². The number of methoxy groups -OCH3 is 1. The van der Waals surface area contributed by atoms with Crippen molar-refractivity contribution in [2.75, 3.05) is 12.4 Å². The highest BCUT2D eigenvalue weighted by Crippen LogP contribution is 2.12. The van der Waals surface area contributed by atoms with E-state index in [1.165, 1.54) is 31.7 Å². The Kier molecular flexibility index (Phi) is 5.13. The van der Waals surface area contributed by atoms with E-state index in [2.05, 4.69) is 20.5 Å². The summed E-state index contributed by atoms with van der Waals surface area (Å²) in [7, 11) is 1.28. The molecule has 3 aromatic rings. The summed E-state index contributed by atoms with van der Waals surface area (Å²) < 4.78 is 16.5. The molecule has 10 heteroatoms. The summed E-state index contributed by atoms with van der Waals surface area (Å²) in [6.45, 7) is 0.310. The molecular formula is C16H14N4O5S. The molecule has 0 saturated carbocycles. The van der Waals surface area contributed by atoms with E-state index in [0.717, 1.165) is 0 Å². The fourth-order valence-corrected chi connectivity index (χ4v) is 2.29. The van der Waals surface area contributed by atoms with Crippen molar-refractivity contribution >= 4 is 34.9 Å². The van der Waals surface area contributed by atoms with Gasteiger partial charge in [0.05, 0.1) is 31.8 Å². The van der Waals surface area contributed by atoms with Crippen molar-refractivity contribution in [1.29, 1.82) is 0 Å². The lowest BCUT2D eigenvalue weighted by Gasteiger charge is -2.05. The number of hydrogen-bond acceptors (Lipinski definition) is 7. The number of amides is 1. The molecule has 0 unspecified atom stereocenters. The minimum absolute atomic E-state index is 0.108. The number of hydrogen-bond donors (Lipinski definition) is 2. The molecule has 3 aromatic heterocycles. The Labute approximate surface area is 152 Å². The maximum atomic E-state index is 11.8. The summed E-state index contributed by atoms with van der Waals surface area (Å²) in [5.74, 6) is -0.185. The molecule has 0 aliphatic carbocycles. The van der Waals surface area contributed by atoms with Crippen molar-refractivity contribution in [2.24, 2.45) is 0 Å². The Hall–Kier alpha value is -3.40. The van der Waals surface area contributed by atoms with Crippen LogP contribution in [0.5, 0.6) is 0 Å². The zero-order chi connectivity index (χ0) is 18.5. The van der Waals surface area contributed by atoms with Crippen LogP contribution in [0.2, 0.25) is 0 Å². The molecule has 0 aromatic carbocycles. The average molecular weight is 374 g/mol. The van der Waals surface area contributed by atoms with Crippen LogP contribution in [0.1, 0.15) is 26.9 Å². The standard InChI is InChI=1S/C16H14N4O5S/c1-23-15(22)13-5-4-11(25-13)9-20-8-10(7-17-20)18-16(26)19-14(21)12-3-2-6-24-12/h2-8H,9H2,1H3,(H2,18,19,21,26). The Morgan fingerprint density at radius 3 is 2.88 bits per heavy atom. The number of ether oxygens (including phenoxy) is 1. The van der Waals surface area contributed by atoms with Crippen LogP contribution in [0.25, 0.3) is 0 Å². The third-order valence-corrected chi connectivity index (χ3v) is 3.43. The number of aromatic nitrogens is 2. The van der Waals surface area contributed by atoms with Crippen LogP contribution in [0, 0.1) is 0 Å². The highest BCUT2D eigenvalue weighted by Gasteiger charge is 2.13. The second-order valence-corrected chi connectivity index (χ2v) is 5.48. The fraction of sp³-hybridized carbons (Fsp3) is 0.125. The highest BCUT2D eigenvalue weighted by molar-refractivity contribution is 7.80. The van der Waals surface area contributed by atoms with Gasteiger partial charge in [0.25, 0.3) is 5.91 Å². The molecule has 9 nitrogen and oxygen atoms in total. The third-order valence-electron chi connectivity index (χ3n) is 3.23. The molecule has 0 aliphatic heterocycles. The minimum Gasteiger partial charge on any atom is -0.463 e. The Morgan fingerprint density at radius 1 is 1.31 bits per heavy atom. The van der Waals surface area contributed by atoms with Crippen LogP contribution in [0.15, 0.2) is 51.8 Å². The molecule has 134 valence electrons. The Balaban J connectivity index is 1.56. The zero-order valence-electron chi connectivity index (χ0n) is 13.6. The number of anilines is 1. The quantitative estimate of drug-likeness (QED) is 0.515. The summed E-state index contributed by atoms with van der Waals surface area (Å²) in [4.78, 5) is 23.2. The van der Waals surface area contributed by atoms with Crippen molar-refractivity contribution in [3.8, 4) is 0 Å². The van der Waals surface area contributed by atoms with Gasteiger partial charge in [-0.25, -0.2) is 4.79 Å². The summed E-state index contributed by atoms with van der Waals surface area (Å²) in [6.07, 6.45) is 4.61. The van der Waals surface area contributed by atoms with Gasteiger partial charge in [-0.05, 0) is 36.5 Å². The number of furan rings is 2. The first-order valence-corrected chi connectivity index (χ1v) is 7.81. The van der Waals surface area contributed by atoms with Gasteiger partial charge in [0.1, 0.15) is 5.76 Å². The van der Waals surface area contributed by atoms with Gasteiger partial charge in [0.2, 0.25) is 5.76 Å². The van der Waals surface area contributed by atoms with Gasteiger partial charge in [0, 0.05) is 6.20 Å². The SMILES string of the molecule is COC(=O)c1ccc(Cn2cc(NC(=S)NC(=O)c3ccco3)cn2)o1. The zero-order valence-corrected chi connectivity index (χ0v) is 14.4. The molecule has 0 radical (unpaired) electrons. The highest BCUT2D eigenvalue weighted by atomic mass is 32.1. The normalized spacial score (nSPS) is 10.3. The van der Waals surface area contributed by atoms with Crippen molar-refractivity contribution < 1.29 is 23.2 Å². The second-order valence-electron chi connectivity index (χ2n) is 5.07. The number of carbonyl (C=O) groups is 2. The van der Waals surface area contributed by atoms with Crippen LogP contribution in [0.4, 0.5) is 5.69 Å². The first-order chi connectivity index (χ1) is 12.5. The van der Waals surface area contributed by atoms with Gasteiger partial charge >= 0.3 is 5.97 Å². The maximum absolute atomic E-state index is 11.8. The molecule has 26 heavy (non-hydrogen) atoms. The lowest BCUT2D eigenvalue weighted by molar-refractivity contribution is 0.0562. The summed E-state index contributed by atoms with van der Waals surface area (Å²) in [5, 5.41) is 9.60. The van der Waals surface area contributed by atoms with Gasteiger partial charge in [-0.15, -0.1) is 0 Å². The molecule has 2 N–H and O–H groups in total. The molecule has 0 atom stereocenters. The van der Waals surface area contributed by atoms with Gasteiger partial charge in [-0.1, -0.05) is 0 Å². The molecule has 0 saturated heterocycles. The molecule has 0 spiro atoms. The molecule has 0 aliphatic rings. The minimum atomic E-state index is -0.545. The number of nitrogens with zero attached hydrogens (tertiary/aromatic N) is 2. The van der Waals surface area contributed by atoms with E-state index < -0.39 is 11.9 Å². The van der Waals surface area contributed by atoms with Gasteiger partial charge in [-0.2, -0.15) is 5.10 Å².